The molecule has 0 amide bonds. The maximum absolute atomic E-state index is 4.00. The molecule has 0 saturated carbocycles. The number of nitrogens with zero attached hydrogens (tertiary/aromatic N) is 1. The minimum atomic E-state index is 1.13. The Kier molecular flexibility index (Phi) is 1.35. The van der Waals surface area contributed by atoms with Crippen molar-refractivity contribution in [1.29, 1.82) is 0 Å². The second kappa shape index (κ2) is 2.35. The summed E-state index contributed by atoms with van der Waals surface area (Å²) in [7, 11) is 0. The molecule has 0 aliphatic rings. The second-order valence-electron chi connectivity index (χ2n) is 2.64. The van der Waals surface area contributed by atoms with Crippen molar-refractivity contribution in [2.75, 3.05) is 0 Å². The van der Waals surface area contributed by atoms with Crippen LogP contribution < -0.4 is 0 Å². The number of aryl methyl sites for hydroxylation is 1. The summed E-state index contributed by atoms with van der Waals surface area (Å²) in [5, 5.41) is 2.29. The fourth-order valence-electron chi connectivity index (χ4n) is 1.14. The van der Waals surface area contributed by atoms with Crippen LogP contribution in [0.25, 0.3) is 10.8 Å². The molecule has 2 aromatic rings. The van der Waals surface area contributed by atoms with Crippen molar-refractivity contribution in [3.63, 3.8) is 0 Å². The lowest BCUT2D eigenvalue weighted by molar-refractivity contribution is 1.35. The fourth-order valence-corrected chi connectivity index (χ4v) is 1.14. The lowest BCUT2D eigenvalue weighted by atomic mass is 10.1. The van der Waals surface area contributed by atoms with Crippen LogP contribution in [-0.2, 0) is 0 Å². The number of aromatic nitrogens is 1. The van der Waals surface area contributed by atoms with E-state index in [4.69, 9.17) is 0 Å². The van der Waals surface area contributed by atoms with Gasteiger partial charge in [0.05, 0.1) is 0 Å². The molecule has 53 valence electrons. The number of hydrogen-bond acceptors (Lipinski definition) is 1. The zero-order valence-electron chi connectivity index (χ0n) is 6.33. The molecule has 0 unspecified atom stereocenters. The molecule has 1 radical (unpaired) electrons. The standard InChI is InChI=1S/C10H8N/c1-8-2-3-9-4-5-11-7-10(9)6-8/h2-3,5-7H,1H3. The van der Waals surface area contributed by atoms with Crippen LogP contribution in [0.3, 0.4) is 0 Å². The van der Waals surface area contributed by atoms with Crippen molar-refractivity contribution in [3.8, 4) is 0 Å². The van der Waals surface area contributed by atoms with E-state index in [2.05, 4.69) is 36.2 Å². The third-order valence-corrected chi connectivity index (χ3v) is 1.72. The van der Waals surface area contributed by atoms with Gasteiger partial charge in [-0.05, 0) is 18.4 Å². The van der Waals surface area contributed by atoms with Gasteiger partial charge in [-0.2, -0.15) is 0 Å². The molecule has 0 aliphatic carbocycles. The van der Waals surface area contributed by atoms with Gasteiger partial charge in [-0.3, -0.25) is 4.98 Å². The van der Waals surface area contributed by atoms with Crippen LogP contribution >= 0.6 is 0 Å². The van der Waals surface area contributed by atoms with E-state index < -0.39 is 0 Å². The maximum Gasteiger partial charge on any atom is 0.0353 e. The monoisotopic (exact) mass is 142 g/mol. The Morgan fingerprint density at radius 2 is 2.27 bits per heavy atom. The minimum Gasteiger partial charge on any atom is -0.263 e. The van der Waals surface area contributed by atoms with Crippen molar-refractivity contribution < 1.29 is 0 Å². The van der Waals surface area contributed by atoms with Crippen LogP contribution in [0.4, 0.5) is 0 Å². The van der Waals surface area contributed by atoms with E-state index in [0.29, 0.717) is 0 Å². The highest BCUT2D eigenvalue weighted by Crippen LogP contribution is 2.12. The average Bonchev–Trinajstić information content (AvgIpc) is 2.04. The third-order valence-electron chi connectivity index (χ3n) is 1.72. The highest BCUT2D eigenvalue weighted by Gasteiger charge is 1.90. The summed E-state index contributed by atoms with van der Waals surface area (Å²) < 4.78 is 0. The van der Waals surface area contributed by atoms with Crippen molar-refractivity contribution >= 4 is 10.8 Å². The first kappa shape index (κ1) is 6.35. The topological polar surface area (TPSA) is 12.9 Å². The molecule has 0 fully saturated rings. The van der Waals surface area contributed by atoms with Gasteiger partial charge in [0.2, 0.25) is 0 Å². The molecule has 0 N–H and O–H groups in total. The number of fused-ring (bicyclic) bond motifs is 1. The van der Waals surface area contributed by atoms with Gasteiger partial charge < -0.3 is 0 Å². The lowest BCUT2D eigenvalue weighted by Gasteiger charge is -1.95. The molecule has 1 heterocycles. The van der Waals surface area contributed by atoms with Crippen LogP contribution in [-0.4, -0.2) is 4.98 Å². The molecule has 0 aliphatic heterocycles. The van der Waals surface area contributed by atoms with Gasteiger partial charge in [-0.15, -0.1) is 0 Å². The smallest absolute Gasteiger partial charge is 0.0353 e. The van der Waals surface area contributed by atoms with Crippen molar-refractivity contribution in [1.82, 2.24) is 4.98 Å². The van der Waals surface area contributed by atoms with E-state index in [1.807, 2.05) is 6.20 Å². The Balaban J connectivity index is 2.83. The van der Waals surface area contributed by atoms with Crippen molar-refractivity contribution in [2.24, 2.45) is 0 Å². The number of hydrogen-bond donors (Lipinski definition) is 0. The molecule has 1 heteroatoms. The zero-order valence-corrected chi connectivity index (χ0v) is 6.33. The van der Waals surface area contributed by atoms with Gasteiger partial charge in [0.15, 0.2) is 0 Å². The zero-order chi connectivity index (χ0) is 7.68. The maximum atomic E-state index is 4.00. The molecule has 1 aromatic carbocycles. The number of pyridine rings is 1. The van der Waals surface area contributed by atoms with Gasteiger partial charge in [0.25, 0.3) is 0 Å². The van der Waals surface area contributed by atoms with Crippen LogP contribution in [0.15, 0.2) is 30.6 Å². The first-order chi connectivity index (χ1) is 5.36. The van der Waals surface area contributed by atoms with Crippen molar-refractivity contribution in [3.05, 3.63) is 42.2 Å². The van der Waals surface area contributed by atoms with Gasteiger partial charge in [-0.1, -0.05) is 17.7 Å². The van der Waals surface area contributed by atoms with Gasteiger partial charge >= 0.3 is 0 Å². The van der Waals surface area contributed by atoms with E-state index in [9.17, 15) is 0 Å². The van der Waals surface area contributed by atoms with E-state index in [1.165, 1.54) is 5.56 Å². The predicted molar refractivity (Wildman–Crippen MR) is 45.3 cm³/mol. The molecule has 1 nitrogen and oxygen atoms in total. The average molecular weight is 142 g/mol. The SMILES string of the molecule is Cc1ccc2[c]cncc2c1. The number of rotatable bonds is 0. The summed E-state index contributed by atoms with van der Waals surface area (Å²) in [5.74, 6) is 0. The molecule has 0 saturated heterocycles. The second-order valence-corrected chi connectivity index (χ2v) is 2.64. The Hall–Kier alpha value is -1.37. The quantitative estimate of drug-likeness (QED) is 0.550. The molecular formula is C10H8N. The number of benzene rings is 1. The largest absolute Gasteiger partial charge is 0.263 e. The summed E-state index contributed by atoms with van der Waals surface area (Å²) >= 11 is 0. The van der Waals surface area contributed by atoms with Gasteiger partial charge in [-0.25, -0.2) is 0 Å². The van der Waals surface area contributed by atoms with Crippen LogP contribution in [0.5, 0.6) is 0 Å². The molecule has 2 rings (SSSR count). The fraction of sp³-hybridized carbons (Fsp3) is 0.100. The first-order valence-corrected chi connectivity index (χ1v) is 3.58. The lowest BCUT2D eigenvalue weighted by Crippen LogP contribution is -1.76. The van der Waals surface area contributed by atoms with Crippen LogP contribution in [0, 0.1) is 13.0 Å². The molecule has 0 spiro atoms. The normalized spacial score (nSPS) is 10.3. The molecule has 0 atom stereocenters. The highest BCUT2D eigenvalue weighted by atomic mass is 14.6. The van der Waals surface area contributed by atoms with E-state index in [-0.39, 0.29) is 0 Å². The Labute approximate surface area is 65.7 Å². The van der Waals surface area contributed by atoms with E-state index in [1.54, 1.807) is 6.20 Å². The molecule has 11 heavy (non-hydrogen) atoms. The van der Waals surface area contributed by atoms with Gasteiger partial charge in [0, 0.05) is 23.8 Å². The summed E-state index contributed by atoms with van der Waals surface area (Å²) in [6.07, 6.45) is 3.55. The Morgan fingerprint density at radius 1 is 1.36 bits per heavy atom. The Bertz CT molecular complexity index is 379. The predicted octanol–water partition coefficient (Wildman–Crippen LogP) is 2.34. The summed E-state index contributed by atoms with van der Waals surface area (Å²) in [4.78, 5) is 4.00. The van der Waals surface area contributed by atoms with Crippen LogP contribution in [0.2, 0.25) is 0 Å². The molecular weight excluding hydrogens is 134 g/mol. The minimum absolute atomic E-state index is 1.13. The Morgan fingerprint density at radius 3 is 3.18 bits per heavy atom. The van der Waals surface area contributed by atoms with E-state index in [0.717, 1.165) is 10.8 Å². The summed E-state index contributed by atoms with van der Waals surface area (Å²) in [6.45, 7) is 2.08. The third kappa shape index (κ3) is 1.09. The van der Waals surface area contributed by atoms with E-state index >= 15 is 0 Å². The van der Waals surface area contributed by atoms with Crippen molar-refractivity contribution in [2.45, 2.75) is 6.92 Å². The van der Waals surface area contributed by atoms with Crippen LogP contribution in [0.1, 0.15) is 5.56 Å². The first-order valence-electron chi connectivity index (χ1n) is 3.58. The summed E-state index contributed by atoms with van der Waals surface area (Å²) in [6, 6.07) is 9.32. The highest BCUT2D eigenvalue weighted by molar-refractivity contribution is 5.81. The molecule has 1 aromatic heterocycles. The molecule has 0 bridgehead atoms. The summed E-state index contributed by atoms with van der Waals surface area (Å²) in [5.41, 5.74) is 1.26. The van der Waals surface area contributed by atoms with Gasteiger partial charge in [0.1, 0.15) is 0 Å².